The van der Waals surface area contributed by atoms with E-state index < -0.39 is 30.2 Å². The Bertz CT molecular complexity index is 1240. The maximum absolute atomic E-state index is 13.1. The molecule has 11 heteroatoms. The van der Waals surface area contributed by atoms with Crippen molar-refractivity contribution in [3.05, 3.63) is 41.9 Å². The van der Waals surface area contributed by atoms with E-state index >= 15 is 0 Å². The van der Waals surface area contributed by atoms with Crippen molar-refractivity contribution in [3.8, 4) is 0 Å². The van der Waals surface area contributed by atoms with Crippen LogP contribution in [0.4, 0.5) is 0 Å². The molecule has 2 aromatic rings. The third kappa shape index (κ3) is 8.30. The fourth-order valence-corrected chi connectivity index (χ4v) is 4.48. The lowest BCUT2D eigenvalue weighted by atomic mass is 9.91. The minimum Gasteiger partial charge on any atom is -0.480 e. The van der Waals surface area contributed by atoms with Crippen molar-refractivity contribution in [2.24, 2.45) is 11.3 Å². The second kappa shape index (κ2) is 13.3. The number of carboxylic acids is 1. The molecule has 2 aromatic heterocycles. The van der Waals surface area contributed by atoms with Crippen LogP contribution in [0.5, 0.6) is 0 Å². The van der Waals surface area contributed by atoms with Gasteiger partial charge in [0.1, 0.15) is 12.1 Å². The van der Waals surface area contributed by atoms with Gasteiger partial charge in [-0.3, -0.25) is 29.4 Å². The molecule has 40 heavy (non-hydrogen) atoms. The summed E-state index contributed by atoms with van der Waals surface area (Å²) >= 11 is 0. The second-order valence-electron chi connectivity index (χ2n) is 11.6. The quantitative estimate of drug-likeness (QED) is 0.281. The SMILES string of the molecule is CC(NC(=O)C(NCC(C)(C)C=Cc1cc2cc(C(C)O)cnc2cn1)C(C)C)C(=O)N1CCCC(C(=O)O)N1. The second-order valence-corrected chi connectivity index (χ2v) is 11.6. The van der Waals surface area contributed by atoms with Gasteiger partial charge in [-0.2, -0.15) is 0 Å². The molecule has 5 N–H and O–H groups in total. The molecule has 1 fully saturated rings. The molecular weight excluding hydrogens is 512 g/mol. The van der Waals surface area contributed by atoms with Crippen LogP contribution in [0.1, 0.15) is 71.7 Å². The van der Waals surface area contributed by atoms with Crippen molar-refractivity contribution in [1.29, 1.82) is 0 Å². The molecule has 0 radical (unpaired) electrons. The average Bonchev–Trinajstić information content (AvgIpc) is 2.90. The van der Waals surface area contributed by atoms with Crippen LogP contribution in [0.3, 0.4) is 0 Å². The Morgan fingerprint density at radius 1 is 1.18 bits per heavy atom. The largest absolute Gasteiger partial charge is 0.480 e. The number of hydrogen-bond acceptors (Lipinski definition) is 8. The summed E-state index contributed by atoms with van der Waals surface area (Å²) in [6, 6.07) is 1.66. The Hall–Kier alpha value is -3.41. The number of nitrogens with one attached hydrogen (secondary N) is 3. The third-order valence-electron chi connectivity index (χ3n) is 7.00. The van der Waals surface area contributed by atoms with Crippen LogP contribution in [0.2, 0.25) is 0 Å². The number of amides is 2. The molecule has 0 spiro atoms. The van der Waals surface area contributed by atoms with Crippen LogP contribution < -0.4 is 16.1 Å². The van der Waals surface area contributed by atoms with Crippen molar-refractivity contribution < 1.29 is 24.6 Å². The number of fused-ring (bicyclic) bond motifs is 1. The first-order chi connectivity index (χ1) is 18.8. The van der Waals surface area contributed by atoms with Crippen LogP contribution in [-0.2, 0) is 14.4 Å². The fraction of sp³-hybridized carbons (Fsp3) is 0.552. The number of aliphatic hydroxyl groups excluding tert-OH is 1. The van der Waals surface area contributed by atoms with Gasteiger partial charge >= 0.3 is 5.97 Å². The van der Waals surface area contributed by atoms with Gasteiger partial charge in [0.15, 0.2) is 0 Å². The zero-order valence-electron chi connectivity index (χ0n) is 24.1. The molecule has 1 saturated heterocycles. The van der Waals surface area contributed by atoms with Crippen LogP contribution >= 0.6 is 0 Å². The molecule has 4 unspecified atom stereocenters. The van der Waals surface area contributed by atoms with Gasteiger partial charge in [0.05, 0.1) is 29.6 Å². The van der Waals surface area contributed by atoms with Crippen molar-refractivity contribution >= 4 is 34.8 Å². The van der Waals surface area contributed by atoms with Gasteiger partial charge in [-0.05, 0) is 61.8 Å². The maximum atomic E-state index is 13.1. The summed E-state index contributed by atoms with van der Waals surface area (Å²) in [6.07, 6.45) is 7.72. The predicted molar refractivity (Wildman–Crippen MR) is 153 cm³/mol. The van der Waals surface area contributed by atoms with E-state index in [2.05, 4.69) is 26.0 Å². The number of hydrazine groups is 1. The topological polar surface area (TPSA) is 157 Å². The maximum Gasteiger partial charge on any atom is 0.322 e. The number of aliphatic hydroxyl groups is 1. The molecule has 218 valence electrons. The van der Waals surface area contributed by atoms with Crippen molar-refractivity contribution in [2.45, 2.75) is 78.6 Å². The van der Waals surface area contributed by atoms with E-state index in [1.54, 1.807) is 26.2 Å². The lowest BCUT2D eigenvalue weighted by Gasteiger charge is -2.34. The van der Waals surface area contributed by atoms with E-state index in [1.807, 2.05) is 52.0 Å². The van der Waals surface area contributed by atoms with E-state index in [4.69, 9.17) is 0 Å². The number of pyridine rings is 2. The Morgan fingerprint density at radius 3 is 2.55 bits per heavy atom. The first kappa shape index (κ1) is 31.1. The molecule has 0 saturated carbocycles. The molecule has 0 aliphatic carbocycles. The predicted octanol–water partition coefficient (Wildman–Crippen LogP) is 2.42. The number of aliphatic carboxylic acids is 1. The van der Waals surface area contributed by atoms with Gasteiger partial charge in [0.25, 0.3) is 5.91 Å². The monoisotopic (exact) mass is 554 g/mol. The summed E-state index contributed by atoms with van der Waals surface area (Å²) in [7, 11) is 0. The number of hydrogen-bond donors (Lipinski definition) is 5. The summed E-state index contributed by atoms with van der Waals surface area (Å²) in [6.45, 7) is 12.2. The highest BCUT2D eigenvalue weighted by molar-refractivity contribution is 5.89. The fourth-order valence-electron chi connectivity index (χ4n) is 4.48. The molecule has 1 aliphatic heterocycles. The first-order valence-electron chi connectivity index (χ1n) is 13.7. The Labute approximate surface area is 235 Å². The highest BCUT2D eigenvalue weighted by Gasteiger charge is 2.32. The van der Waals surface area contributed by atoms with E-state index in [-0.39, 0.29) is 23.1 Å². The normalized spacial score (nSPS) is 18.6. The van der Waals surface area contributed by atoms with Gasteiger partial charge in [-0.25, -0.2) is 5.43 Å². The van der Waals surface area contributed by atoms with Crippen molar-refractivity contribution in [2.75, 3.05) is 13.1 Å². The standard InChI is InChI=1S/C29H42N6O5/c1-17(2)25(26(37)33-18(3)27(38)35-11-7-8-23(34-35)28(39)40)32-16-29(5,6)10-9-22-13-20-12-21(19(4)36)14-31-24(20)15-30-22/h9-10,12-15,17-19,23,25,32,34,36H,7-8,11,16H2,1-6H3,(H,33,37)(H,39,40). The molecule has 11 nitrogen and oxygen atoms in total. The lowest BCUT2D eigenvalue weighted by molar-refractivity contribution is -0.148. The molecule has 0 bridgehead atoms. The molecular formula is C29H42N6O5. The first-order valence-corrected chi connectivity index (χ1v) is 13.7. The Kier molecular flexibility index (Phi) is 10.3. The molecule has 4 atom stereocenters. The van der Waals surface area contributed by atoms with E-state index in [0.717, 1.165) is 22.2 Å². The van der Waals surface area contributed by atoms with Gasteiger partial charge in [0.2, 0.25) is 5.91 Å². The number of carboxylic acid groups (broad SMARTS) is 1. The van der Waals surface area contributed by atoms with Gasteiger partial charge in [-0.1, -0.05) is 33.8 Å². The highest BCUT2D eigenvalue weighted by atomic mass is 16.4. The number of carbonyl (C=O) groups excluding carboxylic acids is 2. The van der Waals surface area contributed by atoms with Crippen LogP contribution in [0, 0.1) is 11.3 Å². The van der Waals surface area contributed by atoms with Crippen LogP contribution in [0.25, 0.3) is 17.0 Å². The molecule has 1 aliphatic rings. The number of carbonyl (C=O) groups is 3. The summed E-state index contributed by atoms with van der Waals surface area (Å²) in [5, 5.41) is 27.4. The van der Waals surface area contributed by atoms with E-state index in [0.29, 0.717) is 25.9 Å². The average molecular weight is 555 g/mol. The Balaban J connectivity index is 1.60. The van der Waals surface area contributed by atoms with Crippen LogP contribution in [0.15, 0.2) is 30.6 Å². The summed E-state index contributed by atoms with van der Waals surface area (Å²) in [5.74, 6) is -1.71. The summed E-state index contributed by atoms with van der Waals surface area (Å²) in [5.41, 5.74) is 4.66. The molecule has 2 amide bonds. The van der Waals surface area contributed by atoms with E-state index in [9.17, 15) is 24.6 Å². The lowest BCUT2D eigenvalue weighted by Crippen LogP contribution is -2.60. The third-order valence-corrected chi connectivity index (χ3v) is 7.00. The molecule has 3 rings (SSSR count). The summed E-state index contributed by atoms with van der Waals surface area (Å²) < 4.78 is 0. The van der Waals surface area contributed by atoms with Crippen LogP contribution in [-0.4, -0.2) is 74.2 Å². The summed E-state index contributed by atoms with van der Waals surface area (Å²) in [4.78, 5) is 46.1. The minimum absolute atomic E-state index is 0.0376. The molecule has 3 heterocycles. The number of rotatable bonds is 11. The zero-order chi connectivity index (χ0) is 29.6. The molecule has 0 aromatic carbocycles. The van der Waals surface area contributed by atoms with Crippen molar-refractivity contribution in [3.63, 3.8) is 0 Å². The van der Waals surface area contributed by atoms with Gasteiger partial charge in [-0.15, -0.1) is 0 Å². The van der Waals surface area contributed by atoms with Gasteiger partial charge < -0.3 is 20.8 Å². The smallest absolute Gasteiger partial charge is 0.322 e. The highest BCUT2D eigenvalue weighted by Crippen LogP contribution is 2.22. The van der Waals surface area contributed by atoms with Gasteiger partial charge in [0, 0.05) is 24.7 Å². The Morgan fingerprint density at radius 2 is 1.90 bits per heavy atom. The number of nitrogens with zero attached hydrogens (tertiary/aromatic N) is 3. The van der Waals surface area contributed by atoms with E-state index in [1.165, 1.54) is 5.01 Å². The minimum atomic E-state index is -1.01. The zero-order valence-corrected chi connectivity index (χ0v) is 24.1. The van der Waals surface area contributed by atoms with Crippen molar-refractivity contribution in [1.82, 2.24) is 31.0 Å². The number of aromatic nitrogens is 2.